The van der Waals surface area contributed by atoms with Gasteiger partial charge in [-0.2, -0.15) is 0 Å². The van der Waals surface area contributed by atoms with Gasteiger partial charge in [-0.1, -0.05) is 24.3 Å². The molecule has 0 saturated carbocycles. The van der Waals surface area contributed by atoms with E-state index in [0.29, 0.717) is 18.7 Å². The summed E-state index contributed by atoms with van der Waals surface area (Å²) >= 11 is 0. The number of rotatable bonds is 5. The summed E-state index contributed by atoms with van der Waals surface area (Å²) in [6.07, 6.45) is 1.98. The van der Waals surface area contributed by atoms with E-state index in [9.17, 15) is 8.42 Å². The maximum Gasteiger partial charge on any atom is 0.247 e. The summed E-state index contributed by atoms with van der Waals surface area (Å²) in [4.78, 5) is 0.158. The van der Waals surface area contributed by atoms with Gasteiger partial charge in [0.15, 0.2) is 0 Å². The van der Waals surface area contributed by atoms with Crippen LogP contribution < -0.4 is 9.46 Å². The van der Waals surface area contributed by atoms with E-state index in [1.165, 1.54) is 18.5 Å². The van der Waals surface area contributed by atoms with E-state index in [1.807, 2.05) is 24.3 Å². The van der Waals surface area contributed by atoms with Crippen LogP contribution in [0.5, 0.6) is 5.75 Å². The Bertz CT molecular complexity index is 1000. The first-order valence-corrected chi connectivity index (χ1v) is 9.67. The van der Waals surface area contributed by atoms with Gasteiger partial charge in [0, 0.05) is 18.0 Å². The lowest BCUT2D eigenvalue weighted by atomic mass is 9.97. The summed E-state index contributed by atoms with van der Waals surface area (Å²) in [6, 6.07) is 14.2. The average molecular weight is 371 g/mol. The van der Waals surface area contributed by atoms with Gasteiger partial charge in [0.25, 0.3) is 0 Å². The van der Waals surface area contributed by atoms with Crippen LogP contribution in [-0.2, 0) is 16.4 Å². The molecule has 0 amide bonds. The predicted octanol–water partition coefficient (Wildman–Crippen LogP) is 2.27. The maximum atomic E-state index is 12.6. The SMILES string of the molecule is O=S(=O)(NCC1COc2ccccc2C1)c1cccc(-c2nnco2)c1. The molecule has 0 bridgehead atoms. The normalized spacial score (nSPS) is 16.7. The number of hydrogen-bond donors (Lipinski definition) is 1. The van der Waals surface area contributed by atoms with Crippen LogP contribution in [-0.4, -0.2) is 31.8 Å². The molecule has 3 aromatic rings. The standard InChI is InChI=1S/C18H17N3O4S/c22-26(23,16-6-3-5-15(9-16)18-21-19-12-25-18)20-10-13-8-14-4-1-2-7-17(14)24-11-13/h1-7,9,12-13,20H,8,10-11H2. The molecule has 2 aromatic carbocycles. The summed E-state index contributed by atoms with van der Waals surface area (Å²) in [6.45, 7) is 0.795. The van der Waals surface area contributed by atoms with Gasteiger partial charge in [-0.25, -0.2) is 13.1 Å². The number of benzene rings is 2. The van der Waals surface area contributed by atoms with Crippen molar-refractivity contribution in [2.45, 2.75) is 11.3 Å². The smallest absolute Gasteiger partial charge is 0.247 e. The predicted molar refractivity (Wildman–Crippen MR) is 94.1 cm³/mol. The van der Waals surface area contributed by atoms with E-state index in [4.69, 9.17) is 9.15 Å². The Morgan fingerprint density at radius 2 is 2.04 bits per heavy atom. The summed E-state index contributed by atoms with van der Waals surface area (Å²) in [7, 11) is -3.65. The Morgan fingerprint density at radius 3 is 2.88 bits per heavy atom. The molecular weight excluding hydrogens is 354 g/mol. The molecule has 0 spiro atoms. The van der Waals surface area contributed by atoms with Crippen molar-refractivity contribution >= 4 is 10.0 Å². The van der Waals surface area contributed by atoms with Crippen LogP contribution in [0.25, 0.3) is 11.5 Å². The number of sulfonamides is 1. The molecule has 134 valence electrons. The van der Waals surface area contributed by atoms with Crippen LogP contribution in [0, 0.1) is 5.92 Å². The molecule has 0 fully saturated rings. The minimum absolute atomic E-state index is 0.0822. The monoisotopic (exact) mass is 371 g/mol. The van der Waals surface area contributed by atoms with Crippen LogP contribution in [0.15, 0.2) is 64.2 Å². The second kappa shape index (κ2) is 6.89. The van der Waals surface area contributed by atoms with Crippen LogP contribution in [0.3, 0.4) is 0 Å². The summed E-state index contributed by atoms with van der Waals surface area (Å²) in [5, 5.41) is 7.41. The second-order valence-corrected chi connectivity index (χ2v) is 7.88. The second-order valence-electron chi connectivity index (χ2n) is 6.11. The highest BCUT2D eigenvalue weighted by molar-refractivity contribution is 7.89. The fraction of sp³-hybridized carbons (Fsp3) is 0.222. The number of nitrogens with zero attached hydrogens (tertiary/aromatic N) is 2. The lowest BCUT2D eigenvalue weighted by molar-refractivity contribution is 0.223. The number of para-hydroxylation sites is 1. The third-order valence-electron chi connectivity index (χ3n) is 4.27. The molecule has 1 aliphatic heterocycles. The first-order chi connectivity index (χ1) is 12.6. The number of aromatic nitrogens is 2. The maximum absolute atomic E-state index is 12.6. The zero-order valence-electron chi connectivity index (χ0n) is 13.8. The zero-order valence-corrected chi connectivity index (χ0v) is 14.6. The van der Waals surface area contributed by atoms with Crippen LogP contribution >= 0.6 is 0 Å². The average Bonchev–Trinajstić information content (AvgIpc) is 3.21. The molecule has 0 saturated heterocycles. The molecule has 1 unspecified atom stereocenters. The van der Waals surface area contributed by atoms with Gasteiger partial charge in [0.1, 0.15) is 5.75 Å². The zero-order chi connectivity index (χ0) is 18.0. The van der Waals surface area contributed by atoms with Gasteiger partial charge in [-0.05, 0) is 36.2 Å². The lowest BCUT2D eigenvalue weighted by Gasteiger charge is -2.25. The minimum Gasteiger partial charge on any atom is -0.493 e. The Hall–Kier alpha value is -2.71. The first kappa shape index (κ1) is 16.7. The summed E-state index contributed by atoms with van der Waals surface area (Å²) < 4.78 is 38.8. The number of ether oxygens (including phenoxy) is 1. The Labute approximate surface area is 151 Å². The number of hydrogen-bond acceptors (Lipinski definition) is 6. The highest BCUT2D eigenvalue weighted by atomic mass is 32.2. The Morgan fingerprint density at radius 1 is 1.15 bits per heavy atom. The van der Waals surface area contributed by atoms with E-state index >= 15 is 0 Å². The number of fused-ring (bicyclic) bond motifs is 1. The van der Waals surface area contributed by atoms with Crippen LogP contribution in [0.4, 0.5) is 0 Å². The van der Waals surface area contributed by atoms with E-state index in [1.54, 1.807) is 12.1 Å². The van der Waals surface area contributed by atoms with Gasteiger partial charge >= 0.3 is 0 Å². The molecular formula is C18H17N3O4S. The highest BCUT2D eigenvalue weighted by Crippen LogP contribution is 2.27. The highest BCUT2D eigenvalue weighted by Gasteiger charge is 2.22. The van der Waals surface area contributed by atoms with Crippen LogP contribution in [0.2, 0.25) is 0 Å². The fourth-order valence-electron chi connectivity index (χ4n) is 2.93. The molecule has 26 heavy (non-hydrogen) atoms. The van der Waals surface area contributed by atoms with Gasteiger partial charge < -0.3 is 9.15 Å². The Balaban J connectivity index is 1.46. The summed E-state index contributed by atoms with van der Waals surface area (Å²) in [5.74, 6) is 1.23. The minimum atomic E-state index is -3.65. The largest absolute Gasteiger partial charge is 0.493 e. The summed E-state index contributed by atoms with van der Waals surface area (Å²) in [5.41, 5.74) is 1.65. The topological polar surface area (TPSA) is 94.3 Å². The van der Waals surface area contributed by atoms with Crippen molar-refractivity contribution in [2.24, 2.45) is 5.92 Å². The molecule has 1 N–H and O–H groups in total. The van der Waals surface area contributed by atoms with Crippen molar-refractivity contribution < 1.29 is 17.6 Å². The van der Waals surface area contributed by atoms with Crippen LogP contribution in [0.1, 0.15) is 5.56 Å². The molecule has 1 atom stereocenters. The molecule has 1 aromatic heterocycles. The van der Waals surface area contributed by atoms with Crippen molar-refractivity contribution in [3.8, 4) is 17.2 Å². The quantitative estimate of drug-likeness (QED) is 0.739. The third-order valence-corrected chi connectivity index (χ3v) is 5.69. The van der Waals surface area contributed by atoms with Gasteiger partial charge in [-0.3, -0.25) is 0 Å². The van der Waals surface area contributed by atoms with Crippen molar-refractivity contribution in [1.82, 2.24) is 14.9 Å². The first-order valence-electron chi connectivity index (χ1n) is 8.19. The van der Waals surface area contributed by atoms with Crippen molar-refractivity contribution in [1.29, 1.82) is 0 Å². The molecule has 2 heterocycles. The van der Waals surface area contributed by atoms with Crippen molar-refractivity contribution in [3.05, 3.63) is 60.5 Å². The van der Waals surface area contributed by atoms with Gasteiger partial charge in [0.05, 0.1) is 11.5 Å². The molecule has 0 radical (unpaired) electrons. The van der Waals surface area contributed by atoms with E-state index in [-0.39, 0.29) is 16.7 Å². The van der Waals surface area contributed by atoms with E-state index in [0.717, 1.165) is 17.7 Å². The fourth-order valence-corrected chi connectivity index (χ4v) is 4.09. The Kier molecular flexibility index (Phi) is 4.44. The van der Waals surface area contributed by atoms with Crippen molar-refractivity contribution in [3.63, 3.8) is 0 Å². The van der Waals surface area contributed by atoms with E-state index in [2.05, 4.69) is 14.9 Å². The van der Waals surface area contributed by atoms with Gasteiger partial charge in [-0.15, -0.1) is 10.2 Å². The third kappa shape index (κ3) is 3.47. The lowest BCUT2D eigenvalue weighted by Crippen LogP contribution is -2.34. The van der Waals surface area contributed by atoms with E-state index < -0.39 is 10.0 Å². The number of nitrogens with one attached hydrogen (secondary N) is 1. The molecule has 4 rings (SSSR count). The molecule has 0 aliphatic carbocycles. The molecule has 1 aliphatic rings. The molecule has 7 nitrogen and oxygen atoms in total. The van der Waals surface area contributed by atoms with Gasteiger partial charge in [0.2, 0.25) is 22.3 Å². The molecule has 8 heteroatoms. The van der Waals surface area contributed by atoms with Crippen molar-refractivity contribution in [2.75, 3.05) is 13.2 Å².